The number of hydrogen-bond donors (Lipinski definition) is 2. The lowest BCUT2D eigenvalue weighted by Gasteiger charge is -2.10. The summed E-state index contributed by atoms with van der Waals surface area (Å²) in [6.07, 6.45) is 0.441. The van der Waals surface area contributed by atoms with Crippen LogP contribution in [-0.4, -0.2) is 20.1 Å². The molecule has 21 heavy (non-hydrogen) atoms. The van der Waals surface area contributed by atoms with Crippen molar-refractivity contribution >= 4 is 10.0 Å². The molecular weight excluding hydrogens is 286 g/mol. The Balaban J connectivity index is 2.08. The first-order valence-corrected chi connectivity index (χ1v) is 8.22. The SMILES string of the molecule is Cc1ccc(C)c(S(=O)(=O)NCCc2ccccc2O)c1. The molecule has 0 aliphatic heterocycles. The van der Waals surface area contributed by atoms with Gasteiger partial charge in [-0.2, -0.15) is 0 Å². The Morgan fingerprint density at radius 2 is 1.81 bits per heavy atom. The van der Waals surface area contributed by atoms with Crippen molar-refractivity contribution in [1.82, 2.24) is 4.72 Å². The largest absolute Gasteiger partial charge is 0.508 e. The predicted molar refractivity (Wildman–Crippen MR) is 82.9 cm³/mol. The van der Waals surface area contributed by atoms with Crippen molar-refractivity contribution in [3.63, 3.8) is 0 Å². The van der Waals surface area contributed by atoms with Crippen LogP contribution in [0.2, 0.25) is 0 Å². The average molecular weight is 305 g/mol. The van der Waals surface area contributed by atoms with Crippen LogP contribution in [0.5, 0.6) is 5.75 Å². The van der Waals surface area contributed by atoms with Gasteiger partial charge in [-0.25, -0.2) is 13.1 Å². The van der Waals surface area contributed by atoms with Crippen LogP contribution in [0.25, 0.3) is 0 Å². The van der Waals surface area contributed by atoms with Crippen molar-refractivity contribution < 1.29 is 13.5 Å². The smallest absolute Gasteiger partial charge is 0.240 e. The Kier molecular flexibility index (Phi) is 4.65. The molecule has 0 saturated heterocycles. The molecule has 4 nitrogen and oxygen atoms in total. The van der Waals surface area contributed by atoms with E-state index in [1.54, 1.807) is 37.3 Å². The highest BCUT2D eigenvalue weighted by Gasteiger charge is 2.16. The first-order chi connectivity index (χ1) is 9.90. The van der Waals surface area contributed by atoms with Crippen LogP contribution >= 0.6 is 0 Å². The van der Waals surface area contributed by atoms with Crippen LogP contribution < -0.4 is 4.72 Å². The molecule has 0 bridgehead atoms. The molecule has 0 fully saturated rings. The number of para-hydroxylation sites is 1. The highest BCUT2D eigenvalue weighted by Crippen LogP contribution is 2.18. The van der Waals surface area contributed by atoms with E-state index >= 15 is 0 Å². The molecule has 5 heteroatoms. The lowest BCUT2D eigenvalue weighted by molar-refractivity contribution is 0.467. The van der Waals surface area contributed by atoms with Crippen molar-refractivity contribution in [1.29, 1.82) is 0 Å². The number of phenols is 1. The molecule has 0 aliphatic rings. The van der Waals surface area contributed by atoms with Gasteiger partial charge in [-0.1, -0.05) is 30.3 Å². The molecule has 0 atom stereocenters. The van der Waals surface area contributed by atoms with E-state index in [0.29, 0.717) is 11.3 Å². The van der Waals surface area contributed by atoms with Gasteiger partial charge in [0.1, 0.15) is 5.75 Å². The summed E-state index contributed by atoms with van der Waals surface area (Å²) >= 11 is 0. The van der Waals surface area contributed by atoms with Gasteiger partial charge in [0, 0.05) is 6.54 Å². The van der Waals surface area contributed by atoms with Gasteiger partial charge in [0.05, 0.1) is 4.90 Å². The molecule has 2 aromatic rings. The maximum atomic E-state index is 12.3. The molecule has 0 saturated carbocycles. The van der Waals surface area contributed by atoms with Gasteiger partial charge < -0.3 is 5.11 Å². The van der Waals surface area contributed by atoms with E-state index in [-0.39, 0.29) is 12.3 Å². The van der Waals surface area contributed by atoms with Gasteiger partial charge in [-0.3, -0.25) is 0 Å². The molecule has 0 unspecified atom stereocenters. The molecule has 2 N–H and O–H groups in total. The monoisotopic (exact) mass is 305 g/mol. The molecular formula is C16H19NO3S. The van der Waals surface area contributed by atoms with Crippen molar-refractivity contribution in [3.8, 4) is 5.75 Å². The number of benzene rings is 2. The fourth-order valence-electron chi connectivity index (χ4n) is 2.12. The van der Waals surface area contributed by atoms with Gasteiger partial charge in [0.25, 0.3) is 0 Å². The molecule has 112 valence electrons. The highest BCUT2D eigenvalue weighted by atomic mass is 32.2. The van der Waals surface area contributed by atoms with Gasteiger partial charge in [-0.15, -0.1) is 0 Å². The standard InChI is InChI=1S/C16H19NO3S/c1-12-7-8-13(2)16(11-12)21(19,20)17-10-9-14-5-3-4-6-15(14)18/h3-8,11,17-18H,9-10H2,1-2H3. The minimum absolute atomic E-state index is 0.184. The van der Waals surface area contributed by atoms with Crippen LogP contribution in [0.4, 0.5) is 0 Å². The maximum Gasteiger partial charge on any atom is 0.240 e. The Morgan fingerprint density at radius 1 is 1.10 bits per heavy atom. The first-order valence-electron chi connectivity index (χ1n) is 6.74. The summed E-state index contributed by atoms with van der Waals surface area (Å²) in [4.78, 5) is 0.305. The van der Waals surface area contributed by atoms with Gasteiger partial charge in [-0.05, 0) is 49.1 Å². The zero-order chi connectivity index (χ0) is 15.5. The highest BCUT2D eigenvalue weighted by molar-refractivity contribution is 7.89. The second-order valence-corrected chi connectivity index (χ2v) is 6.78. The van der Waals surface area contributed by atoms with E-state index in [9.17, 15) is 13.5 Å². The Hall–Kier alpha value is -1.85. The molecule has 2 rings (SSSR count). The Labute approximate surface area is 125 Å². The maximum absolute atomic E-state index is 12.3. The van der Waals surface area contributed by atoms with Crippen molar-refractivity contribution in [3.05, 3.63) is 59.2 Å². The Morgan fingerprint density at radius 3 is 2.52 bits per heavy atom. The van der Waals surface area contributed by atoms with E-state index in [1.807, 2.05) is 19.1 Å². The second-order valence-electron chi connectivity index (χ2n) is 5.05. The minimum Gasteiger partial charge on any atom is -0.508 e. The zero-order valence-electron chi connectivity index (χ0n) is 12.1. The number of hydrogen-bond acceptors (Lipinski definition) is 3. The molecule has 0 amide bonds. The number of nitrogens with one attached hydrogen (secondary N) is 1. The number of rotatable bonds is 5. The van der Waals surface area contributed by atoms with Crippen LogP contribution in [0, 0.1) is 13.8 Å². The first kappa shape index (κ1) is 15.5. The molecule has 0 spiro atoms. The summed E-state index contributed by atoms with van der Waals surface area (Å²) in [7, 11) is -3.53. The van der Waals surface area contributed by atoms with Crippen molar-refractivity contribution in [2.24, 2.45) is 0 Å². The van der Waals surface area contributed by atoms with Crippen LogP contribution in [0.15, 0.2) is 47.4 Å². The summed E-state index contributed by atoms with van der Waals surface area (Å²) < 4.78 is 27.2. The minimum atomic E-state index is -3.53. The van der Waals surface area contributed by atoms with Crippen LogP contribution in [-0.2, 0) is 16.4 Å². The summed E-state index contributed by atoms with van der Waals surface area (Å²) in [6, 6.07) is 12.3. The third-order valence-corrected chi connectivity index (χ3v) is 4.91. The molecule has 0 aliphatic carbocycles. The fourth-order valence-corrected chi connectivity index (χ4v) is 3.48. The quantitative estimate of drug-likeness (QED) is 0.892. The third-order valence-electron chi connectivity index (χ3n) is 3.31. The van der Waals surface area contributed by atoms with Crippen molar-refractivity contribution in [2.45, 2.75) is 25.2 Å². The average Bonchev–Trinajstić information content (AvgIpc) is 2.43. The van der Waals surface area contributed by atoms with Gasteiger partial charge >= 0.3 is 0 Å². The topological polar surface area (TPSA) is 66.4 Å². The van der Waals surface area contributed by atoms with E-state index in [1.165, 1.54) is 0 Å². The molecule has 0 radical (unpaired) electrons. The summed E-state index contributed by atoms with van der Waals surface area (Å²) in [5, 5.41) is 9.66. The number of aromatic hydroxyl groups is 1. The normalized spacial score (nSPS) is 11.5. The van der Waals surface area contributed by atoms with E-state index < -0.39 is 10.0 Å². The number of aryl methyl sites for hydroxylation is 2. The molecule has 0 heterocycles. The van der Waals surface area contributed by atoms with E-state index in [2.05, 4.69) is 4.72 Å². The summed E-state index contributed by atoms with van der Waals surface area (Å²) in [5.41, 5.74) is 2.35. The lowest BCUT2D eigenvalue weighted by atomic mass is 10.1. The zero-order valence-corrected chi connectivity index (χ0v) is 12.9. The second kappa shape index (κ2) is 6.28. The van der Waals surface area contributed by atoms with Crippen LogP contribution in [0.1, 0.15) is 16.7 Å². The van der Waals surface area contributed by atoms with Crippen molar-refractivity contribution in [2.75, 3.05) is 6.54 Å². The number of phenolic OH excluding ortho intramolecular Hbond substituents is 1. The fraction of sp³-hybridized carbons (Fsp3) is 0.250. The third kappa shape index (κ3) is 3.83. The van der Waals surface area contributed by atoms with Crippen LogP contribution in [0.3, 0.4) is 0 Å². The predicted octanol–water partition coefficient (Wildman–Crippen LogP) is 2.53. The van der Waals surface area contributed by atoms with E-state index in [4.69, 9.17) is 0 Å². The summed E-state index contributed by atoms with van der Waals surface area (Å²) in [6.45, 7) is 3.88. The van der Waals surface area contributed by atoms with Gasteiger partial charge in [0.15, 0.2) is 0 Å². The molecule has 2 aromatic carbocycles. The number of sulfonamides is 1. The van der Waals surface area contributed by atoms with Gasteiger partial charge in [0.2, 0.25) is 10.0 Å². The lowest BCUT2D eigenvalue weighted by Crippen LogP contribution is -2.26. The Bertz CT molecular complexity index is 739. The summed E-state index contributed by atoms with van der Waals surface area (Å²) in [5.74, 6) is 0.184. The molecule has 0 aromatic heterocycles. The van der Waals surface area contributed by atoms with E-state index in [0.717, 1.165) is 16.7 Å².